The van der Waals surface area contributed by atoms with Gasteiger partial charge >= 0.3 is 6.36 Å². The van der Waals surface area contributed by atoms with Gasteiger partial charge in [0.15, 0.2) is 5.75 Å². The zero-order valence-electron chi connectivity index (χ0n) is 7.64. The van der Waals surface area contributed by atoms with Crippen molar-refractivity contribution >= 4 is 23.2 Å². The summed E-state index contributed by atoms with van der Waals surface area (Å²) in [4.78, 5) is 10.8. The Morgan fingerprint density at radius 3 is 2.38 bits per heavy atom. The summed E-state index contributed by atoms with van der Waals surface area (Å²) in [6.45, 7) is 0. The van der Waals surface area contributed by atoms with E-state index in [0.29, 0.717) is 0 Å². The van der Waals surface area contributed by atoms with Crippen molar-refractivity contribution in [1.82, 2.24) is 0 Å². The molecule has 0 aliphatic rings. The smallest absolute Gasteiger partial charge is 0.403 e. The topological polar surface area (TPSA) is 78.3 Å². The second-order valence-corrected chi connectivity index (χ2v) is 3.16. The molecule has 4 N–H and O–H groups in total. The number of nitrogens with two attached hydrogens (primary N) is 2. The summed E-state index contributed by atoms with van der Waals surface area (Å²) >= 11 is 5.49. The molecule has 0 saturated carbocycles. The number of hydrogen-bond donors (Lipinski definition) is 2. The van der Waals surface area contributed by atoms with E-state index in [1.807, 2.05) is 0 Å². The number of carbonyl (C=O) groups excluding carboxylic acids is 1. The van der Waals surface area contributed by atoms with E-state index in [1.54, 1.807) is 0 Å². The molecule has 4 nitrogen and oxygen atoms in total. The first-order valence-electron chi connectivity index (χ1n) is 3.86. The first-order valence-corrected chi connectivity index (χ1v) is 4.23. The van der Waals surface area contributed by atoms with E-state index in [1.165, 1.54) is 0 Å². The molecule has 1 aromatic rings. The third-order valence-electron chi connectivity index (χ3n) is 1.63. The fraction of sp³-hybridized carbons (Fsp3) is 0.125. The van der Waals surface area contributed by atoms with E-state index in [2.05, 4.69) is 4.74 Å². The number of hydrogen-bond acceptors (Lipinski definition) is 3. The Balaban J connectivity index is 3.32. The van der Waals surface area contributed by atoms with E-state index in [-0.39, 0.29) is 5.02 Å². The zero-order chi connectivity index (χ0) is 12.5. The molecule has 0 saturated heterocycles. The van der Waals surface area contributed by atoms with Gasteiger partial charge in [-0.05, 0) is 12.1 Å². The van der Waals surface area contributed by atoms with Crippen molar-refractivity contribution in [3.05, 3.63) is 22.7 Å². The summed E-state index contributed by atoms with van der Waals surface area (Å²) in [5, 5.41) is -0.163. The molecular formula is C8H6ClF3N2O2. The molecule has 0 spiro atoms. The van der Waals surface area contributed by atoms with E-state index < -0.39 is 29.3 Å². The predicted molar refractivity (Wildman–Crippen MR) is 51.1 cm³/mol. The molecule has 0 unspecified atom stereocenters. The van der Waals surface area contributed by atoms with Crippen LogP contribution in [0.1, 0.15) is 10.4 Å². The van der Waals surface area contributed by atoms with Crippen molar-refractivity contribution in [3.63, 3.8) is 0 Å². The first kappa shape index (κ1) is 12.4. The SMILES string of the molecule is NC(=O)c1ccc(Cl)c(N)c1OC(F)(F)F. The summed E-state index contributed by atoms with van der Waals surface area (Å²) in [6.07, 6.45) is -4.98. The highest BCUT2D eigenvalue weighted by Gasteiger charge is 2.34. The highest BCUT2D eigenvalue weighted by molar-refractivity contribution is 6.33. The Bertz CT molecular complexity index is 434. The van der Waals surface area contributed by atoms with Crippen LogP contribution in [0.2, 0.25) is 5.02 Å². The number of ether oxygens (including phenoxy) is 1. The summed E-state index contributed by atoms with van der Waals surface area (Å²) in [5.74, 6) is -1.98. The number of rotatable bonds is 2. The Hall–Kier alpha value is -1.63. The minimum Gasteiger partial charge on any atom is -0.403 e. The van der Waals surface area contributed by atoms with Crippen molar-refractivity contribution in [2.45, 2.75) is 6.36 Å². The number of carbonyl (C=O) groups is 1. The lowest BCUT2D eigenvalue weighted by Gasteiger charge is -2.14. The first-order chi connectivity index (χ1) is 7.22. The molecule has 8 heteroatoms. The van der Waals surface area contributed by atoms with Gasteiger partial charge in [-0.25, -0.2) is 0 Å². The van der Waals surface area contributed by atoms with Gasteiger partial charge in [-0.3, -0.25) is 4.79 Å². The second kappa shape index (κ2) is 4.09. The van der Waals surface area contributed by atoms with Crippen molar-refractivity contribution in [2.75, 3.05) is 5.73 Å². The largest absolute Gasteiger partial charge is 0.573 e. The molecule has 0 atom stereocenters. The molecule has 0 aliphatic heterocycles. The molecule has 0 fully saturated rings. The summed E-state index contributed by atoms with van der Waals surface area (Å²) in [6, 6.07) is 2.16. The molecule has 0 aliphatic carbocycles. The second-order valence-electron chi connectivity index (χ2n) is 2.75. The van der Waals surface area contributed by atoms with Crippen LogP contribution in [0.15, 0.2) is 12.1 Å². The third kappa shape index (κ3) is 2.69. The van der Waals surface area contributed by atoms with Gasteiger partial charge in [0, 0.05) is 0 Å². The van der Waals surface area contributed by atoms with Crippen LogP contribution < -0.4 is 16.2 Å². The molecule has 0 bridgehead atoms. The maximum Gasteiger partial charge on any atom is 0.573 e. The van der Waals surface area contributed by atoms with Crippen LogP contribution in [0, 0.1) is 0 Å². The molecule has 0 radical (unpaired) electrons. The van der Waals surface area contributed by atoms with Gasteiger partial charge in [0.1, 0.15) is 0 Å². The summed E-state index contributed by atoms with van der Waals surface area (Å²) < 4.78 is 39.7. The van der Waals surface area contributed by atoms with E-state index in [9.17, 15) is 18.0 Å². The van der Waals surface area contributed by atoms with Crippen molar-refractivity contribution < 1.29 is 22.7 Å². The van der Waals surface area contributed by atoms with E-state index in [4.69, 9.17) is 23.1 Å². The van der Waals surface area contributed by atoms with Gasteiger partial charge < -0.3 is 16.2 Å². The fourth-order valence-corrected chi connectivity index (χ4v) is 1.14. The standard InChI is InChI=1S/C8H6ClF3N2O2/c9-4-2-1-3(7(14)15)6(5(4)13)16-8(10,11)12/h1-2H,13H2,(H2,14,15). The normalized spacial score (nSPS) is 11.2. The van der Waals surface area contributed by atoms with Gasteiger partial charge in [-0.2, -0.15) is 0 Å². The Kier molecular flexibility index (Phi) is 3.18. The molecule has 16 heavy (non-hydrogen) atoms. The minimum absolute atomic E-state index is 0.163. The van der Waals surface area contributed by atoms with Gasteiger partial charge in [-0.1, -0.05) is 11.6 Å². The molecular weight excluding hydrogens is 249 g/mol. The number of nitrogen functional groups attached to an aromatic ring is 1. The maximum absolute atomic E-state index is 12.0. The van der Waals surface area contributed by atoms with Crippen molar-refractivity contribution in [2.24, 2.45) is 5.73 Å². The van der Waals surface area contributed by atoms with Gasteiger partial charge in [0.05, 0.1) is 16.3 Å². The number of benzene rings is 1. The average molecular weight is 255 g/mol. The van der Waals surface area contributed by atoms with Crippen LogP contribution in [0.3, 0.4) is 0 Å². The fourth-order valence-electron chi connectivity index (χ4n) is 0.995. The number of amides is 1. The van der Waals surface area contributed by atoms with Crippen molar-refractivity contribution in [3.8, 4) is 5.75 Å². The lowest BCUT2D eigenvalue weighted by atomic mass is 10.1. The number of anilines is 1. The minimum atomic E-state index is -4.98. The van der Waals surface area contributed by atoms with Crippen LogP contribution in [-0.2, 0) is 0 Å². The highest BCUT2D eigenvalue weighted by Crippen LogP contribution is 2.36. The van der Waals surface area contributed by atoms with Crippen LogP contribution in [0.25, 0.3) is 0 Å². The highest BCUT2D eigenvalue weighted by atomic mass is 35.5. The third-order valence-corrected chi connectivity index (χ3v) is 1.96. The molecule has 1 aromatic carbocycles. The number of alkyl halides is 3. The molecule has 0 heterocycles. The van der Waals surface area contributed by atoms with Gasteiger partial charge in [-0.15, -0.1) is 13.2 Å². The van der Waals surface area contributed by atoms with Crippen LogP contribution in [-0.4, -0.2) is 12.3 Å². The monoisotopic (exact) mass is 254 g/mol. The number of primary amides is 1. The summed E-state index contributed by atoms with van der Waals surface area (Å²) in [5.41, 5.74) is 9.15. The maximum atomic E-state index is 12.0. The molecule has 0 aromatic heterocycles. The van der Waals surface area contributed by atoms with Gasteiger partial charge in [0.2, 0.25) is 0 Å². The quantitative estimate of drug-likeness (QED) is 0.792. The molecule has 1 amide bonds. The number of halogens is 4. The van der Waals surface area contributed by atoms with Crippen LogP contribution in [0.5, 0.6) is 5.75 Å². The van der Waals surface area contributed by atoms with Crippen LogP contribution >= 0.6 is 11.6 Å². The Morgan fingerprint density at radius 1 is 1.38 bits per heavy atom. The van der Waals surface area contributed by atoms with E-state index >= 15 is 0 Å². The Morgan fingerprint density at radius 2 is 1.94 bits per heavy atom. The van der Waals surface area contributed by atoms with Gasteiger partial charge in [0.25, 0.3) is 5.91 Å². The zero-order valence-corrected chi connectivity index (χ0v) is 8.39. The van der Waals surface area contributed by atoms with Crippen molar-refractivity contribution in [1.29, 1.82) is 0 Å². The molecule has 88 valence electrons. The summed E-state index contributed by atoms with van der Waals surface area (Å²) in [7, 11) is 0. The lowest BCUT2D eigenvalue weighted by Crippen LogP contribution is -2.22. The average Bonchev–Trinajstić information content (AvgIpc) is 2.10. The lowest BCUT2D eigenvalue weighted by molar-refractivity contribution is -0.274. The molecule has 1 rings (SSSR count). The van der Waals surface area contributed by atoms with E-state index in [0.717, 1.165) is 12.1 Å². The Labute approximate surface area is 92.9 Å². The van der Waals surface area contributed by atoms with Crippen LogP contribution in [0.4, 0.5) is 18.9 Å². The predicted octanol–water partition coefficient (Wildman–Crippen LogP) is 1.92.